The summed E-state index contributed by atoms with van der Waals surface area (Å²) >= 11 is 5.80. The van der Waals surface area contributed by atoms with Gasteiger partial charge >= 0.3 is 0 Å². The van der Waals surface area contributed by atoms with Gasteiger partial charge in [-0.05, 0) is 29.5 Å². The number of halogens is 1. The van der Waals surface area contributed by atoms with E-state index in [9.17, 15) is 20.4 Å². The third kappa shape index (κ3) is 4.11. The highest BCUT2D eigenvalue weighted by molar-refractivity contribution is 6.30. The number of rotatable bonds is 6. The Morgan fingerprint density at radius 2 is 1.85 bits per heavy atom. The average Bonchev–Trinajstić information content (AvgIpc) is 3.10. The van der Waals surface area contributed by atoms with Gasteiger partial charge in [-0.3, -0.25) is 0 Å². The minimum absolute atomic E-state index is 0.294. The third-order valence-corrected chi connectivity index (χ3v) is 4.22. The molecule has 0 radical (unpaired) electrons. The van der Waals surface area contributed by atoms with Crippen LogP contribution in [0.2, 0.25) is 5.02 Å². The lowest BCUT2D eigenvalue weighted by molar-refractivity contribution is -0.257. The van der Waals surface area contributed by atoms with Crippen molar-refractivity contribution in [3.05, 3.63) is 35.1 Å². The molecule has 4 N–H and O–H groups in total. The van der Waals surface area contributed by atoms with Crippen molar-refractivity contribution in [2.75, 3.05) is 13.2 Å². The van der Waals surface area contributed by atoms with Crippen molar-refractivity contribution >= 4 is 11.6 Å². The van der Waals surface area contributed by atoms with E-state index in [4.69, 9.17) is 21.1 Å². The number of hydrogen-bond donors (Lipinski definition) is 4. The molecule has 142 valence electrons. The molecule has 3 rings (SSSR count). The molecule has 1 aliphatic heterocycles. The van der Waals surface area contributed by atoms with Crippen LogP contribution in [0.5, 0.6) is 5.75 Å². The predicted octanol–water partition coefficient (Wildman–Crippen LogP) is -1.08. The largest absolute Gasteiger partial charge is 0.493 e. The minimum atomic E-state index is -1.51. The van der Waals surface area contributed by atoms with Crippen molar-refractivity contribution < 1.29 is 29.9 Å². The zero-order valence-electron chi connectivity index (χ0n) is 13.6. The first-order valence-electron chi connectivity index (χ1n) is 7.97. The van der Waals surface area contributed by atoms with E-state index in [2.05, 4.69) is 15.4 Å². The molecule has 0 saturated carbocycles. The van der Waals surface area contributed by atoms with Crippen LogP contribution in [0.4, 0.5) is 0 Å². The maximum atomic E-state index is 10.1. The molecular formula is C15H19ClN4O6. The highest BCUT2D eigenvalue weighted by Gasteiger charge is 2.45. The van der Waals surface area contributed by atoms with Crippen molar-refractivity contribution in [3.8, 4) is 5.75 Å². The number of aliphatic hydroxyl groups is 4. The fourth-order valence-electron chi connectivity index (χ4n) is 2.53. The zero-order chi connectivity index (χ0) is 18.7. The second-order valence-electron chi connectivity index (χ2n) is 5.80. The molecule has 26 heavy (non-hydrogen) atoms. The van der Waals surface area contributed by atoms with Gasteiger partial charge in [0.15, 0.2) is 12.1 Å². The first kappa shape index (κ1) is 19.0. The summed E-state index contributed by atoms with van der Waals surface area (Å²) < 4.78 is 10.9. The highest BCUT2D eigenvalue weighted by atomic mass is 35.5. The first-order chi connectivity index (χ1) is 12.5. The monoisotopic (exact) mass is 386 g/mol. The van der Waals surface area contributed by atoms with Crippen LogP contribution >= 0.6 is 11.6 Å². The van der Waals surface area contributed by atoms with E-state index in [1.54, 1.807) is 24.3 Å². The predicted molar refractivity (Wildman–Crippen MR) is 87.5 cm³/mol. The molecule has 5 atom stereocenters. The third-order valence-electron chi connectivity index (χ3n) is 3.97. The Balaban J connectivity index is 1.59. The summed E-state index contributed by atoms with van der Waals surface area (Å²) in [5.74, 6) is 0.992. The molecule has 1 saturated heterocycles. The Labute approximate surface area is 153 Å². The lowest BCUT2D eigenvalue weighted by atomic mass is 9.99. The maximum absolute atomic E-state index is 10.1. The number of nitrogens with zero attached hydrogens (tertiary/aromatic N) is 4. The van der Waals surface area contributed by atoms with Gasteiger partial charge in [-0.1, -0.05) is 11.6 Å². The lowest BCUT2D eigenvalue weighted by Crippen LogP contribution is -2.56. The van der Waals surface area contributed by atoms with Gasteiger partial charge in [-0.2, -0.15) is 0 Å². The molecule has 0 aliphatic carbocycles. The fourth-order valence-corrected chi connectivity index (χ4v) is 2.65. The second-order valence-corrected chi connectivity index (χ2v) is 6.23. The number of tetrazole rings is 1. The standard InChI is InChI=1S/C15H19ClN4O6/c16-8-1-3-9(4-2-8)25-6-5-11-17-19-20(18-11)15-14(24)13(23)12(22)10(7-21)26-15/h1-4,10,12-15,21-24H,5-7H2. The number of hydrogen-bond acceptors (Lipinski definition) is 9. The molecule has 11 heteroatoms. The van der Waals surface area contributed by atoms with E-state index in [0.29, 0.717) is 29.6 Å². The van der Waals surface area contributed by atoms with Gasteiger partial charge in [-0.15, -0.1) is 15.0 Å². The molecule has 1 aliphatic rings. The van der Waals surface area contributed by atoms with Crippen LogP contribution in [0.25, 0.3) is 0 Å². The molecule has 1 fully saturated rings. The molecule has 2 aromatic rings. The average molecular weight is 387 g/mol. The highest BCUT2D eigenvalue weighted by Crippen LogP contribution is 2.27. The van der Waals surface area contributed by atoms with E-state index >= 15 is 0 Å². The van der Waals surface area contributed by atoms with Crippen molar-refractivity contribution in [1.82, 2.24) is 20.2 Å². The summed E-state index contributed by atoms with van der Waals surface area (Å²) in [6, 6.07) is 6.90. The van der Waals surface area contributed by atoms with Gasteiger partial charge in [0.2, 0.25) is 0 Å². The van der Waals surface area contributed by atoms with E-state index < -0.39 is 37.3 Å². The van der Waals surface area contributed by atoms with Gasteiger partial charge in [0.05, 0.1) is 13.2 Å². The molecule has 0 spiro atoms. The molecule has 0 amide bonds. The van der Waals surface area contributed by atoms with Crippen LogP contribution in [0, 0.1) is 0 Å². The molecule has 0 bridgehead atoms. The van der Waals surface area contributed by atoms with E-state index in [0.717, 1.165) is 4.80 Å². The van der Waals surface area contributed by atoms with E-state index in [1.165, 1.54) is 0 Å². The van der Waals surface area contributed by atoms with Gasteiger partial charge in [-0.25, -0.2) is 0 Å². The van der Waals surface area contributed by atoms with Crippen LogP contribution in [-0.2, 0) is 11.2 Å². The Morgan fingerprint density at radius 3 is 2.54 bits per heavy atom. The summed E-state index contributed by atoms with van der Waals surface area (Å²) in [6.07, 6.45) is -6.29. The van der Waals surface area contributed by atoms with Crippen molar-refractivity contribution in [1.29, 1.82) is 0 Å². The van der Waals surface area contributed by atoms with Crippen molar-refractivity contribution in [2.45, 2.75) is 37.1 Å². The van der Waals surface area contributed by atoms with Gasteiger partial charge in [0.25, 0.3) is 0 Å². The Kier molecular flexibility index (Phi) is 6.01. The maximum Gasteiger partial charge on any atom is 0.199 e. The van der Waals surface area contributed by atoms with Gasteiger partial charge in [0.1, 0.15) is 30.2 Å². The number of ether oxygens (including phenoxy) is 2. The summed E-state index contributed by atoms with van der Waals surface area (Å²) in [6.45, 7) is -0.236. The summed E-state index contributed by atoms with van der Waals surface area (Å²) in [5.41, 5.74) is 0. The van der Waals surface area contributed by atoms with E-state index in [-0.39, 0.29) is 0 Å². The smallest absolute Gasteiger partial charge is 0.199 e. The molecular weight excluding hydrogens is 368 g/mol. The Hall–Kier alpha value is -1.82. The lowest BCUT2D eigenvalue weighted by Gasteiger charge is -2.38. The van der Waals surface area contributed by atoms with Crippen LogP contribution in [-0.4, -0.2) is 78.3 Å². The van der Waals surface area contributed by atoms with Crippen molar-refractivity contribution in [2.24, 2.45) is 0 Å². The van der Waals surface area contributed by atoms with Gasteiger partial charge < -0.3 is 29.9 Å². The summed E-state index contributed by atoms with van der Waals surface area (Å²) in [7, 11) is 0. The first-order valence-corrected chi connectivity index (χ1v) is 8.34. The van der Waals surface area contributed by atoms with Crippen LogP contribution in [0.3, 0.4) is 0 Å². The summed E-state index contributed by atoms with van der Waals surface area (Å²) in [5, 5.41) is 51.2. The SMILES string of the molecule is OCC1OC(n2nnc(CCOc3ccc(Cl)cc3)n2)C(O)C(O)C1O. The Bertz CT molecular complexity index is 712. The zero-order valence-corrected chi connectivity index (χ0v) is 14.3. The molecule has 1 aromatic heterocycles. The fraction of sp³-hybridized carbons (Fsp3) is 0.533. The normalized spacial score (nSPS) is 28.9. The molecule has 5 unspecified atom stereocenters. The number of aromatic nitrogens is 4. The quantitative estimate of drug-likeness (QED) is 0.487. The van der Waals surface area contributed by atoms with Crippen molar-refractivity contribution in [3.63, 3.8) is 0 Å². The van der Waals surface area contributed by atoms with Gasteiger partial charge in [0, 0.05) is 11.4 Å². The van der Waals surface area contributed by atoms with Crippen LogP contribution in [0.1, 0.15) is 12.1 Å². The number of aliphatic hydroxyl groups excluding tert-OH is 4. The molecule has 2 heterocycles. The minimum Gasteiger partial charge on any atom is -0.493 e. The second kappa shape index (κ2) is 8.25. The molecule has 1 aromatic carbocycles. The van der Waals surface area contributed by atoms with E-state index in [1.807, 2.05) is 0 Å². The van der Waals surface area contributed by atoms with Crippen LogP contribution < -0.4 is 4.74 Å². The Morgan fingerprint density at radius 1 is 1.12 bits per heavy atom. The van der Waals surface area contributed by atoms with Crippen LogP contribution in [0.15, 0.2) is 24.3 Å². The molecule has 10 nitrogen and oxygen atoms in total. The number of benzene rings is 1. The summed E-state index contributed by atoms with van der Waals surface area (Å²) in [4.78, 5) is 1.00. The topological polar surface area (TPSA) is 143 Å².